The van der Waals surface area contributed by atoms with Gasteiger partial charge >= 0.3 is 5.97 Å². The Morgan fingerprint density at radius 1 is 1.56 bits per heavy atom. The van der Waals surface area contributed by atoms with Gasteiger partial charge in [0.1, 0.15) is 11.9 Å². The van der Waals surface area contributed by atoms with Gasteiger partial charge in [0.2, 0.25) is 5.76 Å². The minimum absolute atomic E-state index is 0.170. The molecule has 0 aromatic carbocycles. The summed E-state index contributed by atoms with van der Waals surface area (Å²) in [7, 11) is 0. The van der Waals surface area contributed by atoms with Crippen molar-refractivity contribution in [3.63, 3.8) is 0 Å². The molecule has 0 amide bonds. The SMILES string of the molecule is CCOCC(C)OC(=O)c1ccc(CN)o1. The lowest BCUT2D eigenvalue weighted by atomic mass is 10.4. The summed E-state index contributed by atoms with van der Waals surface area (Å²) in [6.45, 7) is 4.89. The van der Waals surface area contributed by atoms with Crippen molar-refractivity contribution in [2.45, 2.75) is 26.5 Å². The van der Waals surface area contributed by atoms with E-state index in [4.69, 9.17) is 19.6 Å². The maximum atomic E-state index is 11.5. The molecule has 0 aliphatic rings. The van der Waals surface area contributed by atoms with Crippen molar-refractivity contribution in [2.75, 3.05) is 13.2 Å². The van der Waals surface area contributed by atoms with E-state index in [0.29, 0.717) is 19.0 Å². The lowest BCUT2D eigenvalue weighted by Gasteiger charge is -2.11. The molecule has 90 valence electrons. The molecule has 5 heteroatoms. The lowest BCUT2D eigenvalue weighted by molar-refractivity contribution is 0.00165. The highest BCUT2D eigenvalue weighted by atomic mass is 16.6. The van der Waals surface area contributed by atoms with Crippen molar-refractivity contribution in [3.05, 3.63) is 23.7 Å². The van der Waals surface area contributed by atoms with E-state index in [2.05, 4.69) is 0 Å². The van der Waals surface area contributed by atoms with Gasteiger partial charge in [0.05, 0.1) is 13.2 Å². The van der Waals surface area contributed by atoms with Crippen LogP contribution in [0.25, 0.3) is 0 Å². The third-order valence-electron chi connectivity index (χ3n) is 1.93. The second kappa shape index (κ2) is 6.30. The smallest absolute Gasteiger partial charge is 0.374 e. The summed E-state index contributed by atoms with van der Waals surface area (Å²) in [6, 6.07) is 3.21. The predicted molar refractivity (Wildman–Crippen MR) is 58.0 cm³/mol. The predicted octanol–water partition coefficient (Wildman–Crippen LogP) is 1.32. The Morgan fingerprint density at radius 3 is 2.88 bits per heavy atom. The van der Waals surface area contributed by atoms with E-state index >= 15 is 0 Å². The first-order valence-electron chi connectivity index (χ1n) is 5.24. The first-order valence-corrected chi connectivity index (χ1v) is 5.24. The van der Waals surface area contributed by atoms with E-state index in [0.717, 1.165) is 0 Å². The molecule has 1 heterocycles. The zero-order valence-electron chi connectivity index (χ0n) is 9.56. The summed E-state index contributed by atoms with van der Waals surface area (Å²) >= 11 is 0. The van der Waals surface area contributed by atoms with Gasteiger partial charge in [0, 0.05) is 6.61 Å². The summed E-state index contributed by atoms with van der Waals surface area (Å²) < 4.78 is 15.4. The molecule has 0 aliphatic carbocycles. The lowest BCUT2D eigenvalue weighted by Crippen LogP contribution is -2.20. The van der Waals surface area contributed by atoms with Gasteiger partial charge in [-0.25, -0.2) is 4.79 Å². The molecular formula is C11H17NO4. The van der Waals surface area contributed by atoms with Gasteiger partial charge in [0.15, 0.2) is 0 Å². The molecule has 1 atom stereocenters. The molecule has 16 heavy (non-hydrogen) atoms. The van der Waals surface area contributed by atoms with Crippen LogP contribution in [-0.2, 0) is 16.0 Å². The molecule has 0 saturated carbocycles. The number of nitrogens with two attached hydrogens (primary N) is 1. The van der Waals surface area contributed by atoms with Crippen LogP contribution in [0.15, 0.2) is 16.5 Å². The Balaban J connectivity index is 2.45. The monoisotopic (exact) mass is 227 g/mol. The molecule has 0 radical (unpaired) electrons. The van der Waals surface area contributed by atoms with Crippen molar-refractivity contribution >= 4 is 5.97 Å². The molecule has 1 aromatic heterocycles. The van der Waals surface area contributed by atoms with E-state index in [9.17, 15) is 4.79 Å². The summed E-state index contributed by atoms with van der Waals surface area (Å²) in [5.74, 6) is 0.236. The van der Waals surface area contributed by atoms with Gasteiger partial charge in [-0.2, -0.15) is 0 Å². The largest absolute Gasteiger partial charge is 0.454 e. The van der Waals surface area contributed by atoms with Crippen molar-refractivity contribution in [1.82, 2.24) is 0 Å². The van der Waals surface area contributed by atoms with Crippen LogP contribution in [0.1, 0.15) is 30.2 Å². The standard InChI is InChI=1S/C11H17NO4/c1-3-14-7-8(2)15-11(13)10-5-4-9(6-12)16-10/h4-5,8H,3,6-7,12H2,1-2H3. The second-order valence-corrected chi connectivity index (χ2v) is 3.35. The van der Waals surface area contributed by atoms with Crippen molar-refractivity contribution < 1.29 is 18.7 Å². The number of carbonyl (C=O) groups excluding carboxylic acids is 1. The van der Waals surface area contributed by atoms with Crippen molar-refractivity contribution in [2.24, 2.45) is 5.73 Å². The average molecular weight is 227 g/mol. The third kappa shape index (κ3) is 3.67. The number of ether oxygens (including phenoxy) is 2. The Morgan fingerprint density at radius 2 is 2.31 bits per heavy atom. The first-order chi connectivity index (χ1) is 7.67. The molecular weight excluding hydrogens is 210 g/mol. The zero-order valence-corrected chi connectivity index (χ0v) is 9.56. The van der Waals surface area contributed by atoms with E-state index < -0.39 is 5.97 Å². The number of rotatable bonds is 6. The maximum Gasteiger partial charge on any atom is 0.374 e. The van der Waals surface area contributed by atoms with Crippen LogP contribution in [0, 0.1) is 0 Å². The first kappa shape index (κ1) is 12.7. The molecule has 0 spiro atoms. The van der Waals surface area contributed by atoms with Crippen LogP contribution < -0.4 is 5.73 Å². The molecule has 0 saturated heterocycles. The molecule has 1 rings (SSSR count). The number of hydrogen-bond donors (Lipinski definition) is 1. The molecule has 5 nitrogen and oxygen atoms in total. The van der Waals surface area contributed by atoms with Crippen LogP contribution in [0.4, 0.5) is 0 Å². The minimum Gasteiger partial charge on any atom is -0.454 e. The normalized spacial score (nSPS) is 12.4. The van der Waals surface area contributed by atoms with Gasteiger partial charge in [-0.1, -0.05) is 0 Å². The maximum absolute atomic E-state index is 11.5. The van der Waals surface area contributed by atoms with Crippen LogP contribution in [0.2, 0.25) is 0 Å². The number of furan rings is 1. The summed E-state index contributed by atoms with van der Waals surface area (Å²) in [6.07, 6.45) is -0.293. The van der Waals surface area contributed by atoms with Gasteiger partial charge in [-0.3, -0.25) is 0 Å². The van der Waals surface area contributed by atoms with Crippen molar-refractivity contribution in [1.29, 1.82) is 0 Å². The molecule has 0 fully saturated rings. The molecule has 0 bridgehead atoms. The molecule has 2 N–H and O–H groups in total. The van der Waals surface area contributed by atoms with E-state index in [1.165, 1.54) is 0 Å². The van der Waals surface area contributed by atoms with Crippen LogP contribution in [0.5, 0.6) is 0 Å². The Labute approximate surface area is 94.5 Å². The number of carbonyl (C=O) groups is 1. The molecule has 0 aliphatic heterocycles. The van der Waals surface area contributed by atoms with Gasteiger partial charge in [-0.05, 0) is 26.0 Å². The number of esters is 1. The zero-order chi connectivity index (χ0) is 12.0. The van der Waals surface area contributed by atoms with Gasteiger partial charge < -0.3 is 19.6 Å². The average Bonchev–Trinajstić information content (AvgIpc) is 2.74. The Bertz CT molecular complexity index is 334. The molecule has 1 unspecified atom stereocenters. The Hall–Kier alpha value is -1.33. The highest BCUT2D eigenvalue weighted by Gasteiger charge is 2.15. The molecule has 1 aromatic rings. The quantitative estimate of drug-likeness (QED) is 0.742. The van der Waals surface area contributed by atoms with Crippen LogP contribution in [-0.4, -0.2) is 25.3 Å². The van der Waals surface area contributed by atoms with Gasteiger partial charge in [-0.15, -0.1) is 0 Å². The topological polar surface area (TPSA) is 74.7 Å². The fourth-order valence-electron chi connectivity index (χ4n) is 1.16. The minimum atomic E-state index is -0.494. The second-order valence-electron chi connectivity index (χ2n) is 3.35. The fourth-order valence-corrected chi connectivity index (χ4v) is 1.16. The third-order valence-corrected chi connectivity index (χ3v) is 1.93. The van der Waals surface area contributed by atoms with E-state index in [-0.39, 0.29) is 18.4 Å². The summed E-state index contributed by atoms with van der Waals surface area (Å²) in [5, 5.41) is 0. The van der Waals surface area contributed by atoms with Crippen LogP contribution in [0.3, 0.4) is 0 Å². The van der Waals surface area contributed by atoms with Crippen molar-refractivity contribution in [3.8, 4) is 0 Å². The van der Waals surface area contributed by atoms with Gasteiger partial charge in [0.25, 0.3) is 0 Å². The van der Waals surface area contributed by atoms with E-state index in [1.54, 1.807) is 19.1 Å². The number of hydrogen-bond acceptors (Lipinski definition) is 5. The summed E-state index contributed by atoms with van der Waals surface area (Å²) in [5.41, 5.74) is 5.36. The summed E-state index contributed by atoms with van der Waals surface area (Å²) in [4.78, 5) is 11.5. The highest BCUT2D eigenvalue weighted by Crippen LogP contribution is 2.09. The fraction of sp³-hybridized carbons (Fsp3) is 0.545. The van der Waals surface area contributed by atoms with E-state index in [1.807, 2.05) is 6.92 Å². The highest BCUT2D eigenvalue weighted by molar-refractivity contribution is 5.86. The van der Waals surface area contributed by atoms with Crippen LogP contribution >= 0.6 is 0 Å². The Kier molecular flexibility index (Phi) is 5.01.